The van der Waals surface area contributed by atoms with Gasteiger partial charge in [-0.1, -0.05) is 64.2 Å². The summed E-state index contributed by atoms with van der Waals surface area (Å²) in [7, 11) is -2.08. The van der Waals surface area contributed by atoms with Crippen molar-refractivity contribution in [1.29, 1.82) is 0 Å². The third-order valence-electron chi connectivity index (χ3n) is 5.26. The molecule has 126 valence electrons. The fourth-order valence-electron chi connectivity index (χ4n) is 2.63. The molecule has 1 aliphatic heterocycles. The van der Waals surface area contributed by atoms with E-state index in [-0.39, 0.29) is 23.5 Å². The van der Waals surface area contributed by atoms with Gasteiger partial charge in [0.05, 0.1) is 8.07 Å². The number of carbonyl (C=O) groups is 2. The normalized spacial score (nSPS) is 16.7. The van der Waals surface area contributed by atoms with Crippen LogP contribution in [0.3, 0.4) is 0 Å². The predicted molar refractivity (Wildman–Crippen MR) is 93.6 cm³/mol. The molecule has 1 heterocycles. The second kappa shape index (κ2) is 6.47. The molecule has 4 nitrogen and oxygen atoms in total. The van der Waals surface area contributed by atoms with Crippen LogP contribution in [0.5, 0.6) is 0 Å². The van der Waals surface area contributed by atoms with Crippen molar-refractivity contribution < 1.29 is 14.3 Å². The van der Waals surface area contributed by atoms with Crippen LogP contribution in [-0.2, 0) is 20.9 Å². The van der Waals surface area contributed by atoms with Crippen LogP contribution in [0.15, 0.2) is 30.3 Å². The van der Waals surface area contributed by atoms with Gasteiger partial charge in [-0.15, -0.1) is 0 Å². The van der Waals surface area contributed by atoms with Crippen LogP contribution in [0, 0.1) is 0 Å². The molecule has 0 spiro atoms. The quantitative estimate of drug-likeness (QED) is 0.471. The predicted octanol–water partition coefficient (Wildman–Crippen LogP) is 3.38. The van der Waals surface area contributed by atoms with Gasteiger partial charge in [0.2, 0.25) is 5.91 Å². The van der Waals surface area contributed by atoms with Crippen molar-refractivity contribution in [3.05, 3.63) is 35.9 Å². The molecular weight excluding hydrogens is 306 g/mol. The second-order valence-electron chi connectivity index (χ2n) is 7.80. The number of likely N-dealkylation sites (tertiary alicyclic amines) is 1. The fraction of sp³-hybridized carbons (Fsp3) is 0.556. The van der Waals surface area contributed by atoms with Crippen LogP contribution >= 0.6 is 0 Å². The van der Waals surface area contributed by atoms with Gasteiger partial charge in [-0.3, -0.25) is 9.59 Å². The lowest BCUT2D eigenvalue weighted by atomic mass is 10.2. The van der Waals surface area contributed by atoms with E-state index in [1.54, 1.807) is 4.90 Å². The Morgan fingerprint density at radius 1 is 1.26 bits per heavy atom. The fourth-order valence-corrected chi connectivity index (χ4v) is 5.18. The van der Waals surface area contributed by atoms with E-state index in [0.717, 1.165) is 5.56 Å². The van der Waals surface area contributed by atoms with Gasteiger partial charge in [0.25, 0.3) is 0 Å². The minimum absolute atomic E-state index is 0.000691. The smallest absolute Gasteiger partial charge is 0.325 e. The van der Waals surface area contributed by atoms with Crippen molar-refractivity contribution in [2.24, 2.45) is 0 Å². The molecule has 1 aromatic carbocycles. The van der Waals surface area contributed by atoms with E-state index in [2.05, 4.69) is 33.9 Å². The molecule has 1 aliphatic rings. The Kier molecular flexibility index (Phi) is 4.99. The summed E-state index contributed by atoms with van der Waals surface area (Å²) in [6.45, 7) is 11.7. The lowest BCUT2D eigenvalue weighted by Gasteiger charge is -2.49. The first kappa shape index (κ1) is 17.7. The maximum absolute atomic E-state index is 12.8. The van der Waals surface area contributed by atoms with Crippen molar-refractivity contribution in [1.82, 2.24) is 4.90 Å². The number of benzene rings is 1. The summed E-state index contributed by atoms with van der Waals surface area (Å²) >= 11 is 0. The van der Waals surface area contributed by atoms with Crippen molar-refractivity contribution in [3.8, 4) is 0 Å². The van der Waals surface area contributed by atoms with E-state index >= 15 is 0 Å². The highest BCUT2D eigenvalue weighted by molar-refractivity contribution is 6.84. The Bertz CT molecular complexity index is 578. The van der Waals surface area contributed by atoms with Crippen LogP contribution in [0.25, 0.3) is 0 Å². The largest absolute Gasteiger partial charge is 0.460 e. The first-order valence-corrected chi connectivity index (χ1v) is 11.2. The molecule has 1 saturated heterocycles. The van der Waals surface area contributed by atoms with E-state index in [4.69, 9.17) is 4.74 Å². The number of rotatable bonds is 5. The first-order chi connectivity index (χ1) is 10.6. The summed E-state index contributed by atoms with van der Waals surface area (Å²) in [5.74, 6) is -0.190. The lowest BCUT2D eigenvalue weighted by Crippen LogP contribution is -2.66. The van der Waals surface area contributed by atoms with E-state index < -0.39 is 13.7 Å². The van der Waals surface area contributed by atoms with Crippen LogP contribution in [0.1, 0.15) is 32.8 Å². The SMILES string of the molecule is CC(C)(C)[Si](C)(C)C(C(=O)OCc1ccccc1)N1CCC1=O. The first-order valence-electron chi connectivity index (χ1n) is 8.14. The van der Waals surface area contributed by atoms with Gasteiger partial charge in [0.15, 0.2) is 0 Å². The molecule has 0 saturated carbocycles. The average Bonchev–Trinajstić information content (AvgIpc) is 2.48. The summed E-state index contributed by atoms with van der Waals surface area (Å²) in [5.41, 5.74) is 0.553. The van der Waals surface area contributed by atoms with E-state index in [0.29, 0.717) is 13.0 Å². The van der Waals surface area contributed by atoms with Gasteiger partial charge in [-0.25, -0.2) is 0 Å². The molecule has 1 fully saturated rings. The van der Waals surface area contributed by atoms with Gasteiger partial charge < -0.3 is 9.64 Å². The molecule has 1 amide bonds. The van der Waals surface area contributed by atoms with Crippen molar-refractivity contribution in [2.45, 2.75) is 57.6 Å². The molecule has 23 heavy (non-hydrogen) atoms. The Hall–Kier alpha value is -1.62. The zero-order chi connectivity index (χ0) is 17.3. The molecule has 0 radical (unpaired) electrons. The molecule has 0 aliphatic carbocycles. The number of hydrogen-bond acceptors (Lipinski definition) is 3. The monoisotopic (exact) mass is 333 g/mol. The van der Waals surface area contributed by atoms with Gasteiger partial charge in [-0.2, -0.15) is 0 Å². The highest BCUT2D eigenvalue weighted by Gasteiger charge is 2.52. The maximum atomic E-state index is 12.8. The molecule has 5 heteroatoms. The lowest BCUT2D eigenvalue weighted by molar-refractivity contribution is -0.157. The summed E-state index contributed by atoms with van der Waals surface area (Å²) < 4.78 is 5.58. The van der Waals surface area contributed by atoms with Crippen molar-refractivity contribution in [2.75, 3.05) is 6.54 Å². The molecular formula is C18H27NO3Si. The molecule has 0 N–H and O–H groups in total. The molecule has 1 unspecified atom stereocenters. The van der Waals surface area contributed by atoms with E-state index in [1.165, 1.54) is 0 Å². The molecule has 1 aromatic rings. The Balaban J connectivity index is 2.17. The number of amides is 1. The highest BCUT2D eigenvalue weighted by atomic mass is 28.3. The standard InChI is InChI=1S/C18H27NO3Si/c1-18(2,3)23(4,5)16(19-12-11-15(19)20)17(21)22-13-14-9-7-6-8-10-14/h6-10,16H,11-13H2,1-5H3. The maximum Gasteiger partial charge on any atom is 0.325 e. The third kappa shape index (κ3) is 3.66. The topological polar surface area (TPSA) is 46.6 Å². The number of hydrogen-bond donors (Lipinski definition) is 0. The van der Waals surface area contributed by atoms with Crippen LogP contribution < -0.4 is 0 Å². The average molecular weight is 334 g/mol. The molecule has 2 rings (SSSR count). The zero-order valence-corrected chi connectivity index (χ0v) is 15.8. The molecule has 0 aromatic heterocycles. The Labute approximate surface area is 139 Å². The van der Waals surface area contributed by atoms with E-state index in [9.17, 15) is 9.59 Å². The summed E-state index contributed by atoms with van der Waals surface area (Å²) in [5, 5.41) is -0.000691. The summed E-state index contributed by atoms with van der Waals surface area (Å²) in [6, 6.07) is 9.65. The van der Waals surface area contributed by atoms with E-state index in [1.807, 2.05) is 30.3 Å². The minimum atomic E-state index is -2.08. The number of esters is 1. The zero-order valence-electron chi connectivity index (χ0n) is 14.8. The minimum Gasteiger partial charge on any atom is -0.460 e. The van der Waals surface area contributed by atoms with Crippen LogP contribution in [0.4, 0.5) is 0 Å². The van der Waals surface area contributed by atoms with Crippen LogP contribution in [0.2, 0.25) is 18.1 Å². The van der Waals surface area contributed by atoms with Gasteiger partial charge in [0, 0.05) is 13.0 Å². The Morgan fingerprint density at radius 3 is 2.30 bits per heavy atom. The molecule has 0 bridgehead atoms. The van der Waals surface area contributed by atoms with Crippen molar-refractivity contribution >= 4 is 20.0 Å². The van der Waals surface area contributed by atoms with Gasteiger partial charge in [0.1, 0.15) is 12.3 Å². The second-order valence-corrected chi connectivity index (χ2v) is 13.3. The van der Waals surface area contributed by atoms with Crippen molar-refractivity contribution in [3.63, 3.8) is 0 Å². The summed E-state index contributed by atoms with van der Waals surface area (Å²) in [6.07, 6.45) is 0.539. The van der Waals surface area contributed by atoms with Gasteiger partial charge >= 0.3 is 5.97 Å². The number of β-lactam (4-membered cyclic amide) rings is 1. The number of ether oxygens (including phenoxy) is 1. The van der Waals surface area contributed by atoms with Crippen LogP contribution in [-0.4, -0.2) is 37.1 Å². The summed E-state index contributed by atoms with van der Waals surface area (Å²) in [4.78, 5) is 26.5. The third-order valence-corrected chi connectivity index (χ3v) is 11.0. The highest BCUT2D eigenvalue weighted by Crippen LogP contribution is 2.41. The number of carbonyl (C=O) groups excluding carboxylic acids is 2. The van der Waals surface area contributed by atoms with Gasteiger partial charge in [-0.05, 0) is 10.6 Å². The number of nitrogens with zero attached hydrogens (tertiary/aromatic N) is 1. The molecule has 1 atom stereocenters. The Morgan fingerprint density at radius 2 is 1.87 bits per heavy atom.